The van der Waals surface area contributed by atoms with Gasteiger partial charge in [-0.1, -0.05) is 12.1 Å². The highest BCUT2D eigenvalue weighted by Gasteiger charge is 2.23. The smallest absolute Gasteiger partial charge is 0.414 e. The van der Waals surface area contributed by atoms with E-state index in [1.54, 1.807) is 4.90 Å². The Labute approximate surface area is 105 Å². The van der Waals surface area contributed by atoms with E-state index in [1.165, 1.54) is 0 Å². The monoisotopic (exact) mass is 249 g/mol. The van der Waals surface area contributed by atoms with Crippen molar-refractivity contribution >= 4 is 17.7 Å². The molecule has 0 spiro atoms. The van der Waals surface area contributed by atoms with Crippen LogP contribution in [0.4, 0.5) is 10.5 Å². The summed E-state index contributed by atoms with van der Waals surface area (Å²) in [5, 5.41) is 8.55. The predicted octanol–water partition coefficient (Wildman–Crippen LogP) is 2.05. The summed E-state index contributed by atoms with van der Waals surface area (Å²) in [7, 11) is 0. The third kappa shape index (κ3) is 3.00. The molecule has 1 heterocycles. The number of aryl methyl sites for hydroxylation is 1. The van der Waals surface area contributed by atoms with Gasteiger partial charge in [0.05, 0.1) is 6.54 Å². The average molecular weight is 249 g/mol. The van der Waals surface area contributed by atoms with Gasteiger partial charge in [-0.15, -0.1) is 0 Å². The number of hydrogen-bond acceptors (Lipinski definition) is 3. The molecule has 0 radical (unpaired) electrons. The number of aliphatic carboxylic acids is 1. The number of benzene rings is 1. The first kappa shape index (κ1) is 12.4. The third-order valence-corrected chi connectivity index (χ3v) is 2.86. The highest BCUT2D eigenvalue weighted by atomic mass is 16.6. The molecular formula is C13H15NO4. The molecule has 1 aromatic rings. The lowest BCUT2D eigenvalue weighted by Crippen LogP contribution is -2.23. The maximum Gasteiger partial charge on any atom is 0.414 e. The molecule has 0 aliphatic carbocycles. The maximum atomic E-state index is 11.3. The Bertz CT molecular complexity index is 441. The molecule has 0 atom stereocenters. The first-order chi connectivity index (χ1) is 8.66. The van der Waals surface area contributed by atoms with Crippen LogP contribution in [-0.4, -0.2) is 30.3 Å². The van der Waals surface area contributed by atoms with Crippen molar-refractivity contribution in [2.75, 3.05) is 18.1 Å². The van der Waals surface area contributed by atoms with Gasteiger partial charge >= 0.3 is 12.1 Å². The van der Waals surface area contributed by atoms with Crippen molar-refractivity contribution in [1.29, 1.82) is 0 Å². The molecule has 1 aliphatic rings. The van der Waals surface area contributed by atoms with Crippen molar-refractivity contribution < 1.29 is 19.4 Å². The normalized spacial score (nSPS) is 14.7. The number of anilines is 1. The van der Waals surface area contributed by atoms with E-state index in [1.807, 2.05) is 24.3 Å². The van der Waals surface area contributed by atoms with Crippen molar-refractivity contribution in [1.82, 2.24) is 0 Å². The summed E-state index contributed by atoms with van der Waals surface area (Å²) in [6, 6.07) is 7.57. The highest BCUT2D eigenvalue weighted by Crippen LogP contribution is 2.19. The Kier molecular flexibility index (Phi) is 3.82. The van der Waals surface area contributed by atoms with E-state index in [0.29, 0.717) is 19.6 Å². The molecule has 1 saturated heterocycles. The Balaban J connectivity index is 1.93. The zero-order valence-corrected chi connectivity index (χ0v) is 9.96. The topological polar surface area (TPSA) is 66.8 Å². The van der Waals surface area contributed by atoms with E-state index in [-0.39, 0.29) is 12.5 Å². The standard InChI is InChI=1S/C13H15NO4/c15-12(16)3-1-2-10-4-6-11(7-5-10)14-8-9-18-13(14)17/h4-7H,1-3,8-9H2,(H,15,16). The fourth-order valence-electron chi connectivity index (χ4n) is 1.91. The van der Waals surface area contributed by atoms with Gasteiger partial charge in [-0.25, -0.2) is 4.79 Å². The van der Waals surface area contributed by atoms with E-state index < -0.39 is 5.97 Å². The number of amides is 1. The Morgan fingerprint density at radius 2 is 2.06 bits per heavy atom. The van der Waals surface area contributed by atoms with Gasteiger partial charge in [0.2, 0.25) is 0 Å². The van der Waals surface area contributed by atoms with Crippen LogP contribution in [0.5, 0.6) is 0 Å². The molecule has 5 heteroatoms. The van der Waals surface area contributed by atoms with Gasteiger partial charge in [0.15, 0.2) is 0 Å². The van der Waals surface area contributed by atoms with E-state index in [9.17, 15) is 9.59 Å². The minimum atomic E-state index is -0.772. The summed E-state index contributed by atoms with van der Waals surface area (Å²) in [5.41, 5.74) is 1.90. The lowest BCUT2D eigenvalue weighted by atomic mass is 10.1. The van der Waals surface area contributed by atoms with E-state index in [0.717, 1.165) is 17.7 Å². The van der Waals surface area contributed by atoms with Crippen LogP contribution in [0.3, 0.4) is 0 Å². The molecule has 2 rings (SSSR count). The zero-order valence-electron chi connectivity index (χ0n) is 9.96. The summed E-state index contributed by atoms with van der Waals surface area (Å²) in [5.74, 6) is -0.772. The molecular weight excluding hydrogens is 234 g/mol. The zero-order chi connectivity index (χ0) is 13.0. The number of hydrogen-bond donors (Lipinski definition) is 1. The molecule has 0 bridgehead atoms. The van der Waals surface area contributed by atoms with Gasteiger partial charge in [-0.05, 0) is 30.5 Å². The largest absolute Gasteiger partial charge is 0.481 e. The number of carboxylic acid groups (broad SMARTS) is 1. The number of nitrogens with zero attached hydrogens (tertiary/aromatic N) is 1. The first-order valence-corrected chi connectivity index (χ1v) is 5.92. The number of ether oxygens (including phenoxy) is 1. The van der Waals surface area contributed by atoms with Crippen LogP contribution >= 0.6 is 0 Å². The number of carboxylic acids is 1. The summed E-state index contributed by atoms with van der Waals surface area (Å²) < 4.78 is 4.86. The molecule has 0 saturated carbocycles. The average Bonchev–Trinajstić information content (AvgIpc) is 2.76. The van der Waals surface area contributed by atoms with Crippen molar-refractivity contribution in [3.05, 3.63) is 29.8 Å². The molecule has 5 nitrogen and oxygen atoms in total. The quantitative estimate of drug-likeness (QED) is 0.867. The third-order valence-electron chi connectivity index (χ3n) is 2.86. The second kappa shape index (κ2) is 5.53. The first-order valence-electron chi connectivity index (χ1n) is 5.92. The van der Waals surface area contributed by atoms with Crippen LogP contribution in [0.15, 0.2) is 24.3 Å². The molecule has 1 N–H and O–H groups in total. The molecule has 1 amide bonds. The van der Waals surface area contributed by atoms with Crippen LogP contribution < -0.4 is 4.90 Å². The second-order valence-corrected chi connectivity index (χ2v) is 4.18. The van der Waals surface area contributed by atoms with Gasteiger partial charge < -0.3 is 9.84 Å². The van der Waals surface area contributed by atoms with Gasteiger partial charge in [0.1, 0.15) is 6.61 Å². The van der Waals surface area contributed by atoms with Crippen LogP contribution in [-0.2, 0) is 16.0 Å². The number of carbonyl (C=O) groups is 2. The molecule has 0 aromatic heterocycles. The molecule has 96 valence electrons. The molecule has 1 aromatic carbocycles. The Morgan fingerprint density at radius 1 is 1.33 bits per heavy atom. The van der Waals surface area contributed by atoms with E-state index in [2.05, 4.69) is 0 Å². The Morgan fingerprint density at radius 3 is 2.61 bits per heavy atom. The fourth-order valence-corrected chi connectivity index (χ4v) is 1.91. The van der Waals surface area contributed by atoms with Crippen LogP contribution in [0.2, 0.25) is 0 Å². The Hall–Kier alpha value is -2.04. The molecule has 18 heavy (non-hydrogen) atoms. The SMILES string of the molecule is O=C(O)CCCc1ccc(N2CCOC2=O)cc1. The predicted molar refractivity (Wildman–Crippen MR) is 65.7 cm³/mol. The van der Waals surface area contributed by atoms with Gasteiger partial charge in [-0.3, -0.25) is 9.69 Å². The number of cyclic esters (lactones) is 1. The van der Waals surface area contributed by atoms with Crippen molar-refractivity contribution in [2.24, 2.45) is 0 Å². The number of carbonyl (C=O) groups excluding carboxylic acids is 1. The molecule has 1 fully saturated rings. The van der Waals surface area contributed by atoms with Gasteiger partial charge in [-0.2, -0.15) is 0 Å². The second-order valence-electron chi connectivity index (χ2n) is 4.18. The molecule has 0 unspecified atom stereocenters. The maximum absolute atomic E-state index is 11.3. The lowest BCUT2D eigenvalue weighted by molar-refractivity contribution is -0.137. The summed E-state index contributed by atoms with van der Waals surface area (Å²) in [6.45, 7) is 1.01. The van der Waals surface area contributed by atoms with Crippen molar-refractivity contribution in [3.8, 4) is 0 Å². The molecule has 1 aliphatic heterocycles. The highest BCUT2D eigenvalue weighted by molar-refractivity contribution is 5.89. The summed E-state index contributed by atoms with van der Waals surface area (Å²) in [4.78, 5) is 23.3. The van der Waals surface area contributed by atoms with Crippen molar-refractivity contribution in [3.63, 3.8) is 0 Å². The van der Waals surface area contributed by atoms with Gasteiger partial charge in [0, 0.05) is 12.1 Å². The van der Waals surface area contributed by atoms with Crippen LogP contribution in [0.25, 0.3) is 0 Å². The van der Waals surface area contributed by atoms with E-state index >= 15 is 0 Å². The summed E-state index contributed by atoms with van der Waals surface area (Å²) >= 11 is 0. The van der Waals surface area contributed by atoms with Gasteiger partial charge in [0.25, 0.3) is 0 Å². The summed E-state index contributed by atoms with van der Waals surface area (Å²) in [6.07, 6.45) is 1.23. The van der Waals surface area contributed by atoms with E-state index in [4.69, 9.17) is 9.84 Å². The van der Waals surface area contributed by atoms with Crippen LogP contribution in [0.1, 0.15) is 18.4 Å². The van der Waals surface area contributed by atoms with Crippen LogP contribution in [0, 0.1) is 0 Å². The van der Waals surface area contributed by atoms with Crippen molar-refractivity contribution in [2.45, 2.75) is 19.3 Å². The fraction of sp³-hybridized carbons (Fsp3) is 0.385. The lowest BCUT2D eigenvalue weighted by Gasteiger charge is -2.12. The number of rotatable bonds is 5. The minimum Gasteiger partial charge on any atom is -0.481 e. The minimum absolute atomic E-state index is 0.181.